The minimum absolute atomic E-state index is 0.298. The summed E-state index contributed by atoms with van der Waals surface area (Å²) in [5.74, 6) is 1.17. The van der Waals surface area contributed by atoms with Gasteiger partial charge in [0.15, 0.2) is 13.2 Å². The normalized spacial score (nSPS) is 10.3. The number of thioether (sulfide) groups is 1. The van der Waals surface area contributed by atoms with E-state index in [0.29, 0.717) is 17.3 Å². The molecule has 0 fully saturated rings. The molecule has 5 nitrogen and oxygen atoms in total. The van der Waals surface area contributed by atoms with Crippen LogP contribution in [0.25, 0.3) is 0 Å². The van der Waals surface area contributed by atoms with Gasteiger partial charge in [0.2, 0.25) is 0 Å². The van der Waals surface area contributed by atoms with E-state index in [4.69, 9.17) is 21.1 Å². The van der Waals surface area contributed by atoms with Crippen LogP contribution in [-0.4, -0.2) is 37.4 Å². The van der Waals surface area contributed by atoms with Crippen LogP contribution < -0.4 is 10.1 Å². The first-order valence-corrected chi connectivity index (χ1v) is 9.96. The zero-order valence-electron chi connectivity index (χ0n) is 13.4. The molecule has 0 saturated heterocycles. The number of esters is 1. The van der Waals surface area contributed by atoms with Gasteiger partial charge in [-0.15, -0.1) is 11.3 Å². The first-order valence-electron chi connectivity index (χ1n) is 7.55. The second-order valence-corrected chi connectivity index (χ2v) is 7.41. The number of hydrogen-bond acceptors (Lipinski definition) is 6. The molecule has 25 heavy (non-hydrogen) atoms. The van der Waals surface area contributed by atoms with E-state index in [0.717, 1.165) is 11.5 Å². The summed E-state index contributed by atoms with van der Waals surface area (Å²) < 4.78 is 10.1. The smallest absolute Gasteiger partial charge is 0.344 e. The van der Waals surface area contributed by atoms with Gasteiger partial charge in [0.25, 0.3) is 5.91 Å². The van der Waals surface area contributed by atoms with Gasteiger partial charge in [-0.3, -0.25) is 4.79 Å². The number of halogens is 1. The maximum absolute atomic E-state index is 11.6. The number of carbonyl (C=O) groups is 2. The van der Waals surface area contributed by atoms with Crippen LogP contribution in [0.3, 0.4) is 0 Å². The lowest BCUT2D eigenvalue weighted by molar-refractivity contribution is -0.150. The zero-order valence-corrected chi connectivity index (χ0v) is 15.8. The van der Waals surface area contributed by atoms with Gasteiger partial charge in [0.05, 0.1) is 5.02 Å². The Labute approximate surface area is 159 Å². The van der Waals surface area contributed by atoms with Crippen LogP contribution in [0.1, 0.15) is 4.88 Å². The Bertz CT molecular complexity index is 679. The zero-order chi connectivity index (χ0) is 17.9. The summed E-state index contributed by atoms with van der Waals surface area (Å²) in [5, 5.41) is 5.16. The molecule has 0 radical (unpaired) electrons. The van der Waals surface area contributed by atoms with Crippen molar-refractivity contribution in [3.05, 3.63) is 51.7 Å². The minimum Gasteiger partial charge on any atom is -0.480 e. The number of amides is 1. The van der Waals surface area contributed by atoms with Crippen molar-refractivity contribution in [1.29, 1.82) is 0 Å². The molecule has 1 amide bonds. The SMILES string of the molecule is O=C(COC(=O)COc1ccccc1Cl)NCCSCc1cccs1. The molecule has 0 atom stereocenters. The number of nitrogens with one attached hydrogen (secondary N) is 1. The highest BCUT2D eigenvalue weighted by molar-refractivity contribution is 7.98. The molecule has 134 valence electrons. The Morgan fingerprint density at radius 1 is 1.16 bits per heavy atom. The standard InChI is InChI=1S/C17H18ClNO4S2/c18-14-5-1-2-6-15(14)22-11-17(21)23-10-16(20)19-7-9-24-12-13-4-3-8-25-13/h1-6,8H,7,9-12H2,(H,19,20). The van der Waals surface area contributed by atoms with E-state index >= 15 is 0 Å². The molecule has 2 rings (SSSR count). The Balaban J connectivity index is 1.52. The molecule has 1 aromatic carbocycles. The number of thiophene rings is 1. The van der Waals surface area contributed by atoms with E-state index in [-0.39, 0.29) is 19.1 Å². The van der Waals surface area contributed by atoms with Gasteiger partial charge < -0.3 is 14.8 Å². The number of benzene rings is 1. The van der Waals surface area contributed by atoms with Gasteiger partial charge in [-0.1, -0.05) is 29.8 Å². The molecule has 2 aromatic rings. The minimum atomic E-state index is -0.623. The summed E-state index contributed by atoms with van der Waals surface area (Å²) in [6, 6.07) is 10.9. The van der Waals surface area contributed by atoms with E-state index in [1.807, 2.05) is 11.4 Å². The Hall–Kier alpha value is -1.70. The van der Waals surface area contributed by atoms with Crippen molar-refractivity contribution in [2.24, 2.45) is 0 Å². The van der Waals surface area contributed by atoms with Gasteiger partial charge >= 0.3 is 5.97 Å². The van der Waals surface area contributed by atoms with Gasteiger partial charge in [0.1, 0.15) is 5.75 Å². The van der Waals surface area contributed by atoms with Crippen molar-refractivity contribution in [2.75, 3.05) is 25.5 Å². The topological polar surface area (TPSA) is 64.6 Å². The van der Waals surface area contributed by atoms with E-state index in [1.165, 1.54) is 4.88 Å². The molecule has 0 aliphatic rings. The predicted molar refractivity (Wildman–Crippen MR) is 101 cm³/mol. The lowest BCUT2D eigenvalue weighted by Gasteiger charge is -2.08. The summed E-state index contributed by atoms with van der Waals surface area (Å²) in [6.07, 6.45) is 0. The van der Waals surface area contributed by atoms with Crippen LogP contribution in [0.5, 0.6) is 5.75 Å². The van der Waals surface area contributed by atoms with Crippen molar-refractivity contribution in [3.63, 3.8) is 0 Å². The fraction of sp³-hybridized carbons (Fsp3) is 0.294. The van der Waals surface area contributed by atoms with Crippen molar-refractivity contribution >= 4 is 46.6 Å². The maximum atomic E-state index is 11.6. The van der Waals surface area contributed by atoms with Crippen molar-refractivity contribution < 1.29 is 19.1 Å². The highest BCUT2D eigenvalue weighted by Crippen LogP contribution is 2.22. The summed E-state index contributed by atoms with van der Waals surface area (Å²) in [4.78, 5) is 24.5. The van der Waals surface area contributed by atoms with Crippen LogP contribution in [0.15, 0.2) is 41.8 Å². The number of hydrogen-bond donors (Lipinski definition) is 1. The molecule has 0 spiro atoms. The third-order valence-electron chi connectivity index (χ3n) is 2.94. The summed E-state index contributed by atoms with van der Waals surface area (Å²) >= 11 is 9.36. The molecule has 1 N–H and O–H groups in total. The molecular weight excluding hydrogens is 382 g/mol. The average Bonchev–Trinajstić information content (AvgIpc) is 3.12. The fourth-order valence-corrected chi connectivity index (χ4v) is 3.66. The first-order chi connectivity index (χ1) is 12.1. The Kier molecular flexibility index (Phi) is 8.65. The molecule has 1 heterocycles. The Morgan fingerprint density at radius 3 is 2.76 bits per heavy atom. The monoisotopic (exact) mass is 399 g/mol. The van der Waals surface area contributed by atoms with Crippen molar-refractivity contribution in [3.8, 4) is 5.75 Å². The predicted octanol–water partition coefficient (Wildman–Crippen LogP) is 3.37. The largest absolute Gasteiger partial charge is 0.480 e. The van der Waals surface area contributed by atoms with E-state index in [9.17, 15) is 9.59 Å². The van der Waals surface area contributed by atoms with E-state index < -0.39 is 5.97 Å². The molecule has 0 unspecified atom stereocenters. The van der Waals surface area contributed by atoms with Crippen molar-refractivity contribution in [1.82, 2.24) is 5.32 Å². The van der Waals surface area contributed by atoms with Crippen LogP contribution in [0.2, 0.25) is 5.02 Å². The molecule has 0 saturated carbocycles. The van der Waals surface area contributed by atoms with Gasteiger partial charge in [-0.2, -0.15) is 11.8 Å². The van der Waals surface area contributed by atoms with E-state index in [2.05, 4.69) is 11.4 Å². The molecule has 0 bridgehead atoms. The van der Waals surface area contributed by atoms with Crippen LogP contribution in [0.4, 0.5) is 0 Å². The molecule has 0 aliphatic heterocycles. The second-order valence-electron chi connectivity index (χ2n) is 4.86. The maximum Gasteiger partial charge on any atom is 0.344 e. The summed E-state index contributed by atoms with van der Waals surface area (Å²) in [6.45, 7) is -0.0868. The first kappa shape index (κ1) is 19.6. The fourth-order valence-electron chi connectivity index (χ4n) is 1.77. The lowest BCUT2D eigenvalue weighted by Crippen LogP contribution is -2.31. The number of para-hydroxylation sites is 1. The third-order valence-corrected chi connectivity index (χ3v) is 5.32. The van der Waals surface area contributed by atoms with Crippen LogP contribution in [0, 0.1) is 0 Å². The second kappa shape index (κ2) is 11.0. The van der Waals surface area contributed by atoms with Crippen LogP contribution in [-0.2, 0) is 20.1 Å². The molecule has 1 aromatic heterocycles. The average molecular weight is 400 g/mol. The van der Waals surface area contributed by atoms with Crippen molar-refractivity contribution in [2.45, 2.75) is 5.75 Å². The Morgan fingerprint density at radius 2 is 2.00 bits per heavy atom. The highest BCUT2D eigenvalue weighted by atomic mass is 35.5. The van der Waals surface area contributed by atoms with Gasteiger partial charge in [-0.25, -0.2) is 4.79 Å². The lowest BCUT2D eigenvalue weighted by atomic mass is 10.3. The highest BCUT2D eigenvalue weighted by Gasteiger charge is 2.09. The number of rotatable bonds is 10. The molecule has 8 heteroatoms. The molecule has 0 aliphatic carbocycles. The summed E-state index contributed by atoms with van der Waals surface area (Å²) in [5.41, 5.74) is 0. The molecular formula is C17H18ClNO4S2. The van der Waals surface area contributed by atoms with Crippen LogP contribution >= 0.6 is 34.7 Å². The quantitative estimate of drug-likeness (QED) is 0.490. The number of carbonyl (C=O) groups excluding carboxylic acids is 2. The third kappa shape index (κ3) is 7.81. The summed E-state index contributed by atoms with van der Waals surface area (Å²) in [7, 11) is 0. The van der Waals surface area contributed by atoms with Gasteiger partial charge in [0, 0.05) is 22.9 Å². The van der Waals surface area contributed by atoms with E-state index in [1.54, 1.807) is 47.4 Å². The van der Waals surface area contributed by atoms with Gasteiger partial charge in [-0.05, 0) is 23.6 Å². The number of ether oxygens (including phenoxy) is 2.